The first kappa shape index (κ1) is 14.2. The van der Waals surface area contributed by atoms with E-state index >= 15 is 0 Å². The van der Waals surface area contributed by atoms with Crippen molar-refractivity contribution in [3.8, 4) is 0 Å². The Bertz CT molecular complexity index is 376. The molecular formula is C13H17BrFNO. The summed E-state index contributed by atoms with van der Waals surface area (Å²) in [5, 5.41) is 3.77. The normalized spacial score (nSPS) is 11.3. The van der Waals surface area contributed by atoms with Crippen molar-refractivity contribution in [1.29, 1.82) is 0 Å². The third-order valence-electron chi connectivity index (χ3n) is 2.61. The maximum atomic E-state index is 12.7. The third-order valence-corrected chi connectivity index (χ3v) is 3.00. The van der Waals surface area contributed by atoms with Crippen molar-refractivity contribution >= 4 is 21.8 Å². The van der Waals surface area contributed by atoms with E-state index in [1.54, 1.807) is 0 Å². The van der Waals surface area contributed by atoms with Gasteiger partial charge in [0.05, 0.1) is 0 Å². The van der Waals surface area contributed by atoms with Crippen LogP contribution in [0.1, 0.15) is 30.6 Å². The number of benzene rings is 1. The summed E-state index contributed by atoms with van der Waals surface area (Å²) in [6.07, 6.45) is 0.983. The summed E-state index contributed by atoms with van der Waals surface area (Å²) in [6.45, 7) is 4.80. The highest BCUT2D eigenvalue weighted by Gasteiger charge is 2.18. The number of halogens is 2. The van der Waals surface area contributed by atoms with Crippen molar-refractivity contribution in [2.45, 2.75) is 20.3 Å². The molecule has 1 amide bonds. The van der Waals surface area contributed by atoms with Crippen LogP contribution in [-0.4, -0.2) is 17.8 Å². The Hall–Kier alpha value is -0.900. The van der Waals surface area contributed by atoms with Gasteiger partial charge in [-0.2, -0.15) is 0 Å². The van der Waals surface area contributed by atoms with Crippen LogP contribution in [0.15, 0.2) is 24.3 Å². The van der Waals surface area contributed by atoms with Gasteiger partial charge in [0.15, 0.2) is 0 Å². The third kappa shape index (κ3) is 4.86. The van der Waals surface area contributed by atoms with Crippen LogP contribution in [0.3, 0.4) is 0 Å². The molecule has 0 aliphatic carbocycles. The lowest BCUT2D eigenvalue weighted by molar-refractivity contribution is 0.0936. The fraction of sp³-hybridized carbons (Fsp3) is 0.462. The Kier molecular flexibility index (Phi) is 5.12. The fourth-order valence-electron chi connectivity index (χ4n) is 1.37. The molecule has 0 aliphatic heterocycles. The second kappa shape index (κ2) is 6.15. The van der Waals surface area contributed by atoms with Crippen LogP contribution in [0.2, 0.25) is 0 Å². The maximum Gasteiger partial charge on any atom is 0.251 e. The smallest absolute Gasteiger partial charge is 0.251 e. The highest BCUT2D eigenvalue weighted by atomic mass is 79.9. The molecule has 0 bridgehead atoms. The number of hydrogen-bond donors (Lipinski definition) is 1. The number of rotatable bonds is 5. The molecule has 2 nitrogen and oxygen atoms in total. The van der Waals surface area contributed by atoms with E-state index in [-0.39, 0.29) is 17.1 Å². The number of carbonyl (C=O) groups excluding carboxylic acids is 1. The molecule has 0 aromatic heterocycles. The second-order valence-corrected chi connectivity index (χ2v) is 5.59. The molecule has 0 aliphatic rings. The van der Waals surface area contributed by atoms with Crippen molar-refractivity contribution in [2.24, 2.45) is 5.41 Å². The van der Waals surface area contributed by atoms with E-state index in [1.165, 1.54) is 24.3 Å². The Morgan fingerprint density at radius 2 is 1.94 bits per heavy atom. The number of amides is 1. The minimum Gasteiger partial charge on any atom is -0.352 e. The first-order valence-electron chi connectivity index (χ1n) is 5.54. The quantitative estimate of drug-likeness (QED) is 0.830. The van der Waals surface area contributed by atoms with Crippen molar-refractivity contribution < 1.29 is 9.18 Å². The fourth-order valence-corrected chi connectivity index (χ4v) is 2.44. The zero-order valence-corrected chi connectivity index (χ0v) is 11.7. The summed E-state index contributed by atoms with van der Waals surface area (Å²) in [4.78, 5) is 11.8. The first-order chi connectivity index (χ1) is 7.94. The number of nitrogens with one attached hydrogen (secondary N) is 1. The highest BCUT2D eigenvalue weighted by molar-refractivity contribution is 9.09. The van der Waals surface area contributed by atoms with Crippen LogP contribution in [-0.2, 0) is 0 Å². The SMILES string of the molecule is CC(C)(CCBr)CNC(=O)c1ccc(F)cc1. The summed E-state index contributed by atoms with van der Waals surface area (Å²) in [5.74, 6) is -0.492. The van der Waals surface area contributed by atoms with Crippen molar-refractivity contribution in [2.75, 3.05) is 11.9 Å². The Labute approximate surface area is 110 Å². The molecule has 0 radical (unpaired) electrons. The average molecular weight is 302 g/mol. The summed E-state index contributed by atoms with van der Waals surface area (Å²) in [5.41, 5.74) is 0.542. The molecule has 0 heterocycles. The molecule has 4 heteroatoms. The van der Waals surface area contributed by atoms with Gasteiger partial charge < -0.3 is 5.32 Å². The summed E-state index contributed by atoms with van der Waals surface area (Å²) < 4.78 is 12.7. The van der Waals surface area contributed by atoms with Crippen LogP contribution in [0.4, 0.5) is 4.39 Å². The van der Waals surface area contributed by atoms with Gasteiger partial charge in [0.25, 0.3) is 5.91 Å². The molecule has 0 atom stereocenters. The van der Waals surface area contributed by atoms with Crippen LogP contribution < -0.4 is 5.32 Å². The monoisotopic (exact) mass is 301 g/mol. The van der Waals surface area contributed by atoms with Gasteiger partial charge in [-0.15, -0.1) is 0 Å². The van der Waals surface area contributed by atoms with E-state index in [2.05, 4.69) is 35.1 Å². The standard InChI is InChI=1S/C13H17BrFNO/c1-13(2,7-8-14)9-16-12(17)10-3-5-11(15)6-4-10/h3-6H,7-9H2,1-2H3,(H,16,17). The molecule has 94 valence electrons. The molecule has 0 spiro atoms. The molecule has 1 N–H and O–H groups in total. The Morgan fingerprint density at radius 3 is 2.47 bits per heavy atom. The van der Waals surface area contributed by atoms with Gasteiger partial charge >= 0.3 is 0 Å². The van der Waals surface area contributed by atoms with Crippen LogP contribution in [0.5, 0.6) is 0 Å². The van der Waals surface area contributed by atoms with Gasteiger partial charge in [0.1, 0.15) is 5.82 Å². The van der Waals surface area contributed by atoms with Crippen LogP contribution in [0.25, 0.3) is 0 Å². The zero-order chi connectivity index (χ0) is 12.9. The highest BCUT2D eigenvalue weighted by Crippen LogP contribution is 2.20. The van der Waals surface area contributed by atoms with Crippen LogP contribution >= 0.6 is 15.9 Å². The largest absolute Gasteiger partial charge is 0.352 e. The maximum absolute atomic E-state index is 12.7. The lowest BCUT2D eigenvalue weighted by Gasteiger charge is -2.23. The van der Waals surface area contributed by atoms with Gasteiger partial charge in [0, 0.05) is 17.4 Å². The van der Waals surface area contributed by atoms with E-state index in [4.69, 9.17) is 0 Å². The lowest BCUT2D eigenvalue weighted by atomic mass is 9.90. The molecule has 1 aromatic rings. The predicted octanol–water partition coefficient (Wildman–Crippen LogP) is 3.37. The van der Waals surface area contributed by atoms with Crippen LogP contribution in [0, 0.1) is 11.2 Å². The lowest BCUT2D eigenvalue weighted by Crippen LogP contribution is -2.34. The van der Waals surface area contributed by atoms with E-state index in [9.17, 15) is 9.18 Å². The van der Waals surface area contributed by atoms with E-state index in [0.29, 0.717) is 12.1 Å². The number of alkyl halides is 1. The molecule has 1 aromatic carbocycles. The number of hydrogen-bond acceptors (Lipinski definition) is 1. The van der Waals surface area contributed by atoms with Crippen molar-refractivity contribution in [1.82, 2.24) is 5.32 Å². The molecular weight excluding hydrogens is 285 g/mol. The average Bonchev–Trinajstić information content (AvgIpc) is 2.27. The second-order valence-electron chi connectivity index (χ2n) is 4.79. The summed E-state index contributed by atoms with van der Waals surface area (Å²) >= 11 is 3.39. The van der Waals surface area contributed by atoms with Gasteiger partial charge in [-0.05, 0) is 36.1 Å². The summed E-state index contributed by atoms with van der Waals surface area (Å²) in [6, 6.07) is 5.56. The van der Waals surface area contributed by atoms with Gasteiger partial charge in [-0.3, -0.25) is 4.79 Å². The van der Waals surface area contributed by atoms with Crippen molar-refractivity contribution in [3.05, 3.63) is 35.6 Å². The molecule has 1 rings (SSSR count). The van der Waals surface area contributed by atoms with Gasteiger partial charge in [-0.25, -0.2) is 4.39 Å². The summed E-state index contributed by atoms with van der Waals surface area (Å²) in [7, 11) is 0. The van der Waals surface area contributed by atoms with E-state index in [0.717, 1.165) is 11.8 Å². The van der Waals surface area contributed by atoms with Gasteiger partial charge in [0.2, 0.25) is 0 Å². The molecule has 0 unspecified atom stereocenters. The zero-order valence-electron chi connectivity index (χ0n) is 10.1. The molecule has 17 heavy (non-hydrogen) atoms. The molecule has 0 saturated carbocycles. The van der Waals surface area contributed by atoms with Gasteiger partial charge in [-0.1, -0.05) is 29.8 Å². The van der Waals surface area contributed by atoms with E-state index in [1.807, 2.05) is 0 Å². The molecule has 0 saturated heterocycles. The number of carbonyl (C=O) groups is 1. The first-order valence-corrected chi connectivity index (χ1v) is 6.66. The van der Waals surface area contributed by atoms with E-state index < -0.39 is 0 Å². The van der Waals surface area contributed by atoms with Crippen molar-refractivity contribution in [3.63, 3.8) is 0 Å². The molecule has 0 fully saturated rings. The Morgan fingerprint density at radius 1 is 1.35 bits per heavy atom. The predicted molar refractivity (Wildman–Crippen MR) is 70.9 cm³/mol. The Balaban J connectivity index is 2.53. The minimum absolute atomic E-state index is 0.0548. The topological polar surface area (TPSA) is 29.1 Å². The minimum atomic E-state index is -0.332.